The van der Waals surface area contributed by atoms with Crippen LogP contribution in [0.1, 0.15) is 25.3 Å². The van der Waals surface area contributed by atoms with E-state index in [-0.39, 0.29) is 18.4 Å². The first kappa shape index (κ1) is 20.9. The first-order valence-corrected chi connectivity index (χ1v) is 10.8. The van der Waals surface area contributed by atoms with Crippen molar-refractivity contribution in [1.82, 2.24) is 20.0 Å². The molecule has 2 aromatic rings. The van der Waals surface area contributed by atoms with Crippen LogP contribution in [0.5, 0.6) is 0 Å². The van der Waals surface area contributed by atoms with E-state index in [2.05, 4.69) is 10.4 Å². The molecule has 0 aliphatic carbocycles. The Kier molecular flexibility index (Phi) is 6.20. The highest BCUT2D eigenvalue weighted by atomic mass is 16.2. The summed E-state index contributed by atoms with van der Waals surface area (Å²) in [7, 11) is 1.84. The van der Waals surface area contributed by atoms with Gasteiger partial charge in [0, 0.05) is 51.5 Å². The van der Waals surface area contributed by atoms with Gasteiger partial charge < -0.3 is 20.0 Å². The molecule has 0 atom stereocenters. The molecule has 1 aromatic heterocycles. The molecule has 0 saturated carbocycles. The number of nitrogens with zero attached hydrogens (tertiary/aromatic N) is 6. The first-order chi connectivity index (χ1) is 15.0. The van der Waals surface area contributed by atoms with Gasteiger partial charge in [-0.1, -0.05) is 12.1 Å². The third-order valence-corrected chi connectivity index (χ3v) is 5.59. The number of carbonyl (C=O) groups is 2. The first-order valence-electron chi connectivity index (χ1n) is 10.8. The summed E-state index contributed by atoms with van der Waals surface area (Å²) in [6.45, 7) is 5.61. The van der Waals surface area contributed by atoms with Crippen LogP contribution in [0.3, 0.4) is 0 Å². The number of amides is 2. The van der Waals surface area contributed by atoms with Gasteiger partial charge in [0.05, 0.1) is 18.4 Å². The molecule has 2 aliphatic heterocycles. The molecular formula is C22H29N7O2. The average Bonchev–Trinajstić information content (AvgIpc) is 3.39. The van der Waals surface area contributed by atoms with E-state index in [0.717, 1.165) is 42.4 Å². The van der Waals surface area contributed by atoms with Gasteiger partial charge in [-0.15, -0.1) is 0 Å². The maximum Gasteiger partial charge on any atom is 0.246 e. The molecule has 0 spiro atoms. The fourth-order valence-electron chi connectivity index (χ4n) is 3.97. The van der Waals surface area contributed by atoms with E-state index in [9.17, 15) is 9.59 Å². The van der Waals surface area contributed by atoms with E-state index >= 15 is 0 Å². The Balaban J connectivity index is 1.40. The summed E-state index contributed by atoms with van der Waals surface area (Å²) in [5.74, 6) is 0.959. The Morgan fingerprint density at radius 3 is 2.45 bits per heavy atom. The number of piperazine rings is 1. The molecule has 9 heteroatoms. The lowest BCUT2D eigenvalue weighted by Gasteiger charge is -2.35. The summed E-state index contributed by atoms with van der Waals surface area (Å²) < 4.78 is 1.70. The predicted molar refractivity (Wildman–Crippen MR) is 120 cm³/mol. The molecule has 2 aliphatic rings. The Morgan fingerprint density at radius 2 is 1.84 bits per heavy atom. The second kappa shape index (κ2) is 9.20. The second-order valence-electron chi connectivity index (χ2n) is 7.82. The van der Waals surface area contributed by atoms with E-state index in [1.807, 2.05) is 54.2 Å². The van der Waals surface area contributed by atoms with Gasteiger partial charge in [-0.05, 0) is 31.0 Å². The third kappa shape index (κ3) is 4.70. The summed E-state index contributed by atoms with van der Waals surface area (Å²) >= 11 is 0. The van der Waals surface area contributed by atoms with Crippen molar-refractivity contribution < 1.29 is 9.59 Å². The summed E-state index contributed by atoms with van der Waals surface area (Å²) in [4.78, 5) is 35.0. The van der Waals surface area contributed by atoms with Crippen molar-refractivity contribution in [2.45, 2.75) is 26.3 Å². The summed E-state index contributed by atoms with van der Waals surface area (Å²) in [5, 5.41) is 7.46. The Morgan fingerprint density at radius 1 is 1.06 bits per heavy atom. The van der Waals surface area contributed by atoms with Gasteiger partial charge in [-0.2, -0.15) is 5.10 Å². The monoisotopic (exact) mass is 423 g/mol. The average molecular weight is 424 g/mol. The molecular weight excluding hydrogens is 394 g/mol. The number of benzene rings is 1. The quantitative estimate of drug-likeness (QED) is 0.580. The summed E-state index contributed by atoms with van der Waals surface area (Å²) in [5.41, 5.74) is 2.83. The van der Waals surface area contributed by atoms with Crippen molar-refractivity contribution in [3.63, 3.8) is 0 Å². The van der Waals surface area contributed by atoms with Crippen LogP contribution in [-0.4, -0.2) is 65.2 Å². The highest BCUT2D eigenvalue weighted by Gasteiger charge is 2.27. The normalized spacial score (nSPS) is 17.6. The van der Waals surface area contributed by atoms with Gasteiger partial charge in [0.2, 0.25) is 11.8 Å². The molecule has 2 amide bonds. The van der Waals surface area contributed by atoms with Gasteiger partial charge >= 0.3 is 0 Å². The number of carbonyl (C=O) groups excluding carboxylic acids is 2. The fourth-order valence-corrected chi connectivity index (χ4v) is 3.97. The Hall–Kier alpha value is -3.36. The molecule has 0 radical (unpaired) electrons. The van der Waals surface area contributed by atoms with Crippen LogP contribution in [0.2, 0.25) is 0 Å². The number of anilines is 2. The molecule has 4 rings (SSSR count). The van der Waals surface area contributed by atoms with E-state index in [0.29, 0.717) is 26.1 Å². The molecule has 2 fully saturated rings. The molecule has 1 aromatic carbocycles. The Bertz CT molecular complexity index is 966. The lowest BCUT2D eigenvalue weighted by atomic mass is 10.2. The molecule has 3 heterocycles. The second-order valence-corrected chi connectivity index (χ2v) is 7.82. The minimum absolute atomic E-state index is 0.0319. The minimum Gasteiger partial charge on any atom is -0.356 e. The number of hydrogen-bond acceptors (Lipinski definition) is 4. The minimum atomic E-state index is 0.0319. The van der Waals surface area contributed by atoms with Crippen molar-refractivity contribution >= 4 is 29.1 Å². The number of guanidine groups is 1. The molecule has 0 unspecified atom stereocenters. The third-order valence-electron chi connectivity index (χ3n) is 5.59. The Labute approximate surface area is 182 Å². The highest BCUT2D eigenvalue weighted by Crippen LogP contribution is 2.22. The van der Waals surface area contributed by atoms with Crippen LogP contribution in [0.25, 0.3) is 0 Å². The molecule has 164 valence electrons. The van der Waals surface area contributed by atoms with E-state index < -0.39 is 0 Å². The zero-order valence-corrected chi connectivity index (χ0v) is 18.1. The van der Waals surface area contributed by atoms with Crippen molar-refractivity contribution in [2.24, 2.45) is 12.0 Å². The van der Waals surface area contributed by atoms with Gasteiger partial charge in [0.15, 0.2) is 5.96 Å². The molecule has 0 bridgehead atoms. The predicted octanol–water partition coefficient (Wildman–Crippen LogP) is 1.36. The van der Waals surface area contributed by atoms with E-state index in [1.54, 1.807) is 15.8 Å². The summed E-state index contributed by atoms with van der Waals surface area (Å²) in [6.07, 6.45) is 5.12. The van der Waals surface area contributed by atoms with Crippen LogP contribution in [0.4, 0.5) is 11.4 Å². The fraction of sp³-hybridized carbons (Fsp3) is 0.455. The molecule has 1 N–H and O–H groups in total. The highest BCUT2D eigenvalue weighted by molar-refractivity contribution is 5.98. The van der Waals surface area contributed by atoms with Gasteiger partial charge in [-0.25, -0.2) is 4.99 Å². The van der Waals surface area contributed by atoms with Crippen LogP contribution >= 0.6 is 0 Å². The van der Waals surface area contributed by atoms with Crippen molar-refractivity contribution in [3.8, 4) is 0 Å². The zero-order valence-electron chi connectivity index (χ0n) is 18.1. The largest absolute Gasteiger partial charge is 0.356 e. The topological polar surface area (TPSA) is 86.1 Å². The van der Waals surface area contributed by atoms with Crippen molar-refractivity contribution in [2.75, 3.05) is 42.5 Å². The molecule has 2 saturated heterocycles. The lowest BCUT2D eigenvalue weighted by Crippen LogP contribution is -2.55. The standard InChI is InChI=1S/C22H29N7O2/c1-3-23-22(27-11-12-29(21(31)16-27)19-14-25-26(2)15-19)24-13-17-6-8-18(9-7-17)28-10-4-5-20(28)30/h6-9,14-15H,3-5,10-13,16H2,1-2H3,(H,23,24). The summed E-state index contributed by atoms with van der Waals surface area (Å²) in [6, 6.07) is 7.99. The van der Waals surface area contributed by atoms with Crippen molar-refractivity contribution in [3.05, 3.63) is 42.2 Å². The van der Waals surface area contributed by atoms with Gasteiger partial charge in [0.25, 0.3) is 0 Å². The maximum atomic E-state index is 12.7. The van der Waals surface area contributed by atoms with Crippen LogP contribution in [-0.2, 0) is 23.2 Å². The van der Waals surface area contributed by atoms with Crippen molar-refractivity contribution in [1.29, 1.82) is 0 Å². The molecule has 31 heavy (non-hydrogen) atoms. The lowest BCUT2D eigenvalue weighted by molar-refractivity contribution is -0.120. The van der Waals surface area contributed by atoms with Crippen LogP contribution in [0.15, 0.2) is 41.7 Å². The number of aryl methyl sites for hydroxylation is 1. The number of hydrogen-bond donors (Lipinski definition) is 1. The van der Waals surface area contributed by atoms with Crippen LogP contribution < -0.4 is 15.1 Å². The number of nitrogens with one attached hydrogen (secondary N) is 1. The molecule has 9 nitrogen and oxygen atoms in total. The SMILES string of the molecule is CCNC(=NCc1ccc(N2CCCC2=O)cc1)N1CCN(c2cnn(C)c2)C(=O)C1. The van der Waals surface area contributed by atoms with E-state index in [4.69, 9.17) is 4.99 Å². The smallest absolute Gasteiger partial charge is 0.246 e. The maximum absolute atomic E-state index is 12.7. The number of rotatable bonds is 5. The zero-order chi connectivity index (χ0) is 21.8. The van der Waals surface area contributed by atoms with E-state index in [1.165, 1.54) is 0 Å². The van der Waals surface area contributed by atoms with Gasteiger partial charge in [0.1, 0.15) is 6.54 Å². The van der Waals surface area contributed by atoms with Crippen LogP contribution in [0, 0.1) is 0 Å². The van der Waals surface area contributed by atoms with Gasteiger partial charge in [-0.3, -0.25) is 14.3 Å². The number of aliphatic imine (C=N–C) groups is 1. The number of aromatic nitrogens is 2.